The molecule has 0 atom stereocenters. The summed E-state index contributed by atoms with van der Waals surface area (Å²) in [7, 11) is 0. The second kappa shape index (κ2) is 30.3. The number of rotatable bonds is 20. The molecule has 0 aliphatic carbocycles. The maximum absolute atomic E-state index is 10.4. The maximum Gasteiger partial charge on any atom is 0.303 e. The van der Waals surface area contributed by atoms with Crippen LogP contribution in [0.3, 0.4) is 0 Å². The number of unbranched alkanes of at least 4 members (excludes halogenated alkanes) is 15. The smallest absolute Gasteiger partial charge is 0.303 e. The molecule has 0 saturated heterocycles. The van der Waals surface area contributed by atoms with Crippen LogP contribution >= 0.6 is 0 Å². The number of aliphatic carboxylic acids is 1. The third-order valence-corrected chi connectivity index (χ3v) is 5.12. The van der Waals surface area contributed by atoms with E-state index in [1.807, 2.05) is 6.92 Å². The number of carboxylic acid groups (broad SMARTS) is 1. The highest BCUT2D eigenvalue weighted by molar-refractivity contribution is 5.66. The highest BCUT2D eigenvalue weighted by Gasteiger charge is 1.96. The highest BCUT2D eigenvalue weighted by atomic mass is 16.4. The largest absolute Gasteiger partial charge is 0.481 e. The summed E-state index contributed by atoms with van der Waals surface area (Å²) in [5.41, 5.74) is 10.1. The summed E-state index contributed by atoms with van der Waals surface area (Å²) in [6.45, 7) is 4.22. The molecular formula is C25H54N2O3. The third-order valence-electron chi connectivity index (χ3n) is 5.12. The van der Waals surface area contributed by atoms with Crippen molar-refractivity contribution in [2.24, 2.45) is 11.5 Å². The predicted octanol–water partition coefficient (Wildman–Crippen LogP) is 6.48. The van der Waals surface area contributed by atoms with Crippen molar-refractivity contribution in [3.8, 4) is 0 Å². The number of hydrogen-bond acceptors (Lipinski definition) is 3. The Morgan fingerprint density at radius 2 is 1.03 bits per heavy atom. The van der Waals surface area contributed by atoms with E-state index in [0.29, 0.717) is 6.42 Å². The summed E-state index contributed by atoms with van der Waals surface area (Å²) >= 11 is 0. The van der Waals surface area contributed by atoms with Gasteiger partial charge >= 0.3 is 5.97 Å². The molecule has 0 bridgehead atoms. The van der Waals surface area contributed by atoms with Crippen LogP contribution in [0.5, 0.6) is 0 Å². The highest BCUT2D eigenvalue weighted by Crippen LogP contribution is 2.12. The Hall–Kier alpha value is -0.910. The molecule has 0 heterocycles. The SMILES string of the molecule is CCC(N)N.CCCCCCCC/C=C\CCCCCCCCCCCC(=O)O.O. The van der Waals surface area contributed by atoms with Gasteiger partial charge in [-0.15, -0.1) is 0 Å². The second-order valence-corrected chi connectivity index (χ2v) is 8.21. The Bertz CT molecular complexity index is 347. The minimum Gasteiger partial charge on any atom is -0.481 e. The normalized spacial score (nSPS) is 10.7. The van der Waals surface area contributed by atoms with Crippen LogP contribution in [0.15, 0.2) is 12.2 Å². The average molecular weight is 431 g/mol. The van der Waals surface area contributed by atoms with Crippen LogP contribution in [0.4, 0.5) is 0 Å². The fraction of sp³-hybridized carbons (Fsp3) is 0.880. The Kier molecular flexibility index (Phi) is 34.0. The molecule has 0 aliphatic heterocycles. The second-order valence-electron chi connectivity index (χ2n) is 8.21. The summed E-state index contributed by atoms with van der Waals surface area (Å²) in [5.74, 6) is -0.656. The lowest BCUT2D eigenvalue weighted by atomic mass is 10.1. The van der Waals surface area contributed by atoms with Gasteiger partial charge in [0.15, 0.2) is 0 Å². The summed E-state index contributed by atoms with van der Waals surface area (Å²) in [5, 5.41) is 8.55. The van der Waals surface area contributed by atoms with E-state index in [1.165, 1.54) is 96.3 Å². The molecule has 7 N–H and O–H groups in total. The van der Waals surface area contributed by atoms with Crippen molar-refractivity contribution >= 4 is 5.97 Å². The van der Waals surface area contributed by atoms with Crippen LogP contribution < -0.4 is 11.5 Å². The monoisotopic (exact) mass is 430 g/mol. The maximum atomic E-state index is 10.4. The summed E-state index contributed by atoms with van der Waals surface area (Å²) < 4.78 is 0. The van der Waals surface area contributed by atoms with Gasteiger partial charge in [0.05, 0.1) is 6.17 Å². The number of allylic oxidation sites excluding steroid dienone is 2. The van der Waals surface area contributed by atoms with E-state index in [4.69, 9.17) is 16.6 Å². The van der Waals surface area contributed by atoms with Crippen LogP contribution in [0.25, 0.3) is 0 Å². The van der Waals surface area contributed by atoms with Crippen molar-refractivity contribution in [2.75, 3.05) is 0 Å². The van der Waals surface area contributed by atoms with Gasteiger partial charge in [-0.05, 0) is 38.5 Å². The fourth-order valence-corrected chi connectivity index (χ4v) is 3.05. The first-order chi connectivity index (χ1) is 14.0. The lowest BCUT2D eigenvalue weighted by Gasteiger charge is -2.01. The predicted molar refractivity (Wildman–Crippen MR) is 132 cm³/mol. The minimum atomic E-state index is -0.656. The Morgan fingerprint density at radius 3 is 1.37 bits per heavy atom. The molecule has 30 heavy (non-hydrogen) atoms. The Morgan fingerprint density at radius 1 is 0.700 bits per heavy atom. The van der Waals surface area contributed by atoms with Crippen LogP contribution in [0.2, 0.25) is 0 Å². The van der Waals surface area contributed by atoms with E-state index in [-0.39, 0.29) is 11.6 Å². The summed E-state index contributed by atoms with van der Waals surface area (Å²) in [6, 6.07) is 0. The molecule has 0 aliphatic rings. The zero-order valence-electron chi connectivity index (χ0n) is 20.2. The van der Waals surface area contributed by atoms with Gasteiger partial charge in [0.25, 0.3) is 0 Å². The zero-order valence-corrected chi connectivity index (χ0v) is 20.2. The molecule has 0 radical (unpaired) electrons. The van der Waals surface area contributed by atoms with Crippen LogP contribution in [-0.2, 0) is 4.79 Å². The van der Waals surface area contributed by atoms with E-state index in [1.54, 1.807) is 0 Å². The first kappa shape index (κ1) is 33.7. The van der Waals surface area contributed by atoms with Gasteiger partial charge in [-0.25, -0.2) is 0 Å². The lowest BCUT2D eigenvalue weighted by molar-refractivity contribution is -0.137. The number of nitrogens with two attached hydrogens (primary N) is 2. The molecule has 0 saturated carbocycles. The van der Waals surface area contributed by atoms with Crippen molar-refractivity contribution in [3.63, 3.8) is 0 Å². The topological polar surface area (TPSA) is 121 Å². The van der Waals surface area contributed by atoms with Crippen LogP contribution in [0.1, 0.15) is 136 Å². The molecule has 182 valence electrons. The molecule has 0 fully saturated rings. The molecule has 0 spiro atoms. The van der Waals surface area contributed by atoms with E-state index in [2.05, 4.69) is 19.1 Å². The van der Waals surface area contributed by atoms with Gasteiger partial charge in [-0.2, -0.15) is 0 Å². The molecule has 0 aromatic heterocycles. The van der Waals surface area contributed by atoms with Gasteiger partial charge < -0.3 is 22.1 Å². The Labute approximate surface area is 187 Å². The van der Waals surface area contributed by atoms with Crippen LogP contribution in [0, 0.1) is 0 Å². The molecule has 0 amide bonds. The van der Waals surface area contributed by atoms with E-state index in [9.17, 15) is 4.79 Å². The summed E-state index contributed by atoms with van der Waals surface area (Å²) in [6.07, 6.45) is 27.9. The lowest BCUT2D eigenvalue weighted by Crippen LogP contribution is -2.28. The van der Waals surface area contributed by atoms with Gasteiger partial charge in [0.1, 0.15) is 0 Å². The van der Waals surface area contributed by atoms with E-state index in [0.717, 1.165) is 19.3 Å². The fourth-order valence-electron chi connectivity index (χ4n) is 3.05. The first-order valence-corrected chi connectivity index (χ1v) is 12.4. The molecule has 0 aromatic carbocycles. The van der Waals surface area contributed by atoms with Crippen molar-refractivity contribution in [2.45, 2.75) is 142 Å². The molecular weight excluding hydrogens is 376 g/mol. The minimum absolute atomic E-state index is 0. The van der Waals surface area contributed by atoms with Crippen molar-refractivity contribution in [1.82, 2.24) is 0 Å². The summed E-state index contributed by atoms with van der Waals surface area (Å²) in [4.78, 5) is 10.4. The third kappa shape index (κ3) is 37.8. The van der Waals surface area contributed by atoms with E-state index >= 15 is 0 Å². The molecule has 0 aromatic rings. The quantitative estimate of drug-likeness (QED) is 0.116. The zero-order chi connectivity index (χ0) is 22.0. The van der Waals surface area contributed by atoms with Crippen molar-refractivity contribution in [1.29, 1.82) is 0 Å². The standard InChI is InChI=1S/C22H42O2.C3H10N2.H2O/c1-2-3-4-5-6-7-8-9-10-11-12-13-14-15-16-17-18-19-20-21-22(23)24;1-2-3(4)5;/h9-10H,2-8,11-21H2,1H3,(H,23,24);3H,2,4-5H2,1H3;1H2/b10-9-;;. The number of carbonyl (C=O) groups is 1. The van der Waals surface area contributed by atoms with Gasteiger partial charge in [0, 0.05) is 6.42 Å². The molecule has 0 unspecified atom stereocenters. The van der Waals surface area contributed by atoms with Gasteiger partial charge in [-0.3, -0.25) is 4.79 Å². The number of hydrogen-bond donors (Lipinski definition) is 3. The van der Waals surface area contributed by atoms with Gasteiger partial charge in [0.2, 0.25) is 0 Å². The number of carboxylic acids is 1. The first-order valence-electron chi connectivity index (χ1n) is 12.4. The molecule has 5 heteroatoms. The Balaban J connectivity index is -0.00000108. The van der Waals surface area contributed by atoms with Crippen LogP contribution in [-0.4, -0.2) is 22.7 Å². The molecule has 5 nitrogen and oxygen atoms in total. The van der Waals surface area contributed by atoms with Crippen molar-refractivity contribution < 1.29 is 15.4 Å². The van der Waals surface area contributed by atoms with Gasteiger partial charge in [-0.1, -0.05) is 103 Å². The van der Waals surface area contributed by atoms with E-state index < -0.39 is 5.97 Å². The average Bonchev–Trinajstić information content (AvgIpc) is 2.70. The molecule has 0 rings (SSSR count). The van der Waals surface area contributed by atoms with Crippen molar-refractivity contribution in [3.05, 3.63) is 12.2 Å².